The van der Waals surface area contributed by atoms with E-state index in [4.69, 9.17) is 0 Å². The molecule has 1 fully saturated rings. The van der Waals surface area contributed by atoms with Gasteiger partial charge in [-0.15, -0.1) is 0 Å². The molecule has 2 amide bonds. The maximum absolute atomic E-state index is 11.2. The van der Waals surface area contributed by atoms with Gasteiger partial charge in [-0.25, -0.2) is 0 Å². The zero-order valence-corrected chi connectivity index (χ0v) is 6.13. The van der Waals surface area contributed by atoms with Crippen LogP contribution in [-0.4, -0.2) is 35.8 Å². The molecule has 0 aromatic heterocycles. The van der Waals surface area contributed by atoms with Gasteiger partial charge in [-0.05, 0) is 6.08 Å². The fourth-order valence-electron chi connectivity index (χ4n) is 1.41. The summed E-state index contributed by atoms with van der Waals surface area (Å²) in [6.07, 6.45) is 3.10. The second kappa shape index (κ2) is 1.64. The number of likely N-dealkylation sites (N-methyl/N-ethyl adjacent to an activating group) is 1. The number of hydrogen-bond donors (Lipinski definition) is 1. The lowest BCUT2D eigenvalue weighted by Crippen LogP contribution is -2.35. The topological polar surface area (TPSA) is 49.2 Å². The van der Waals surface area contributed by atoms with Crippen molar-refractivity contribution < 1.29 is 9.59 Å². The molecule has 2 rings (SSSR count). The van der Waals surface area contributed by atoms with E-state index in [1.54, 1.807) is 13.1 Å². The quantitative estimate of drug-likeness (QED) is 0.484. The molecule has 58 valence electrons. The molecule has 4 heteroatoms. The summed E-state index contributed by atoms with van der Waals surface area (Å²) in [7, 11) is 1.57. The summed E-state index contributed by atoms with van der Waals surface area (Å²) in [4.78, 5) is 23.6. The third-order valence-electron chi connectivity index (χ3n) is 2.17. The van der Waals surface area contributed by atoms with E-state index in [9.17, 15) is 9.59 Å². The maximum Gasteiger partial charge on any atom is 0.251 e. The van der Waals surface area contributed by atoms with Crippen molar-refractivity contribution in [1.82, 2.24) is 10.2 Å². The summed E-state index contributed by atoms with van der Waals surface area (Å²) in [5, 5.41) is 2.53. The van der Waals surface area contributed by atoms with Gasteiger partial charge in [-0.1, -0.05) is 0 Å². The number of hydrogen-bond acceptors (Lipinski definition) is 2. The predicted octanol–water partition coefficient (Wildman–Crippen LogP) is -1.12. The molecule has 0 aromatic rings. The summed E-state index contributed by atoms with van der Waals surface area (Å²) >= 11 is 0. The first kappa shape index (κ1) is 6.39. The number of carbonyl (C=O) groups is 2. The SMILES string of the molecule is CNC(=O)[C@@]12C=CC(=O)N1C2. The molecule has 0 aromatic carbocycles. The lowest BCUT2D eigenvalue weighted by atomic mass is 10.1. The third kappa shape index (κ3) is 0.587. The van der Waals surface area contributed by atoms with Gasteiger partial charge in [0.25, 0.3) is 5.91 Å². The Morgan fingerprint density at radius 2 is 2.55 bits per heavy atom. The number of nitrogens with one attached hydrogen (secondary N) is 1. The molecule has 1 saturated heterocycles. The first-order chi connectivity index (χ1) is 5.20. The normalized spacial score (nSPS) is 32.1. The Morgan fingerprint density at radius 3 is 2.91 bits per heavy atom. The van der Waals surface area contributed by atoms with E-state index in [2.05, 4.69) is 5.32 Å². The zero-order valence-electron chi connectivity index (χ0n) is 6.13. The number of rotatable bonds is 1. The first-order valence-electron chi connectivity index (χ1n) is 3.44. The second-order valence-corrected chi connectivity index (χ2v) is 2.76. The number of fused-ring (bicyclic) bond motifs is 1. The van der Waals surface area contributed by atoms with E-state index in [-0.39, 0.29) is 11.8 Å². The number of carbonyl (C=O) groups excluding carboxylic acids is 2. The Hall–Kier alpha value is -1.32. The Labute approximate surface area is 63.9 Å². The van der Waals surface area contributed by atoms with Gasteiger partial charge >= 0.3 is 0 Å². The summed E-state index contributed by atoms with van der Waals surface area (Å²) in [6, 6.07) is 0. The molecule has 4 nitrogen and oxygen atoms in total. The standard InChI is InChI=1S/C7H8N2O2/c1-8-6(11)7-3-2-5(10)9(7)4-7/h2-3H,4H2,1H3,(H,8,11)/t7-,9?/m0/s1. The van der Waals surface area contributed by atoms with Crippen molar-refractivity contribution in [1.29, 1.82) is 0 Å². The highest BCUT2D eigenvalue weighted by Gasteiger charge is 2.61. The van der Waals surface area contributed by atoms with Gasteiger partial charge < -0.3 is 10.2 Å². The van der Waals surface area contributed by atoms with Crippen molar-refractivity contribution in [3.05, 3.63) is 12.2 Å². The second-order valence-electron chi connectivity index (χ2n) is 2.76. The van der Waals surface area contributed by atoms with Gasteiger partial charge in [-0.2, -0.15) is 0 Å². The number of amides is 2. The predicted molar refractivity (Wildman–Crippen MR) is 37.7 cm³/mol. The summed E-state index contributed by atoms with van der Waals surface area (Å²) < 4.78 is 0. The molecule has 0 bridgehead atoms. The van der Waals surface area contributed by atoms with Gasteiger partial charge in [0.05, 0.1) is 6.54 Å². The van der Waals surface area contributed by atoms with E-state index in [0.29, 0.717) is 6.54 Å². The van der Waals surface area contributed by atoms with Crippen LogP contribution in [0.1, 0.15) is 0 Å². The molecule has 2 aliphatic rings. The van der Waals surface area contributed by atoms with Crippen molar-refractivity contribution in [2.45, 2.75) is 5.54 Å². The lowest BCUT2D eigenvalue weighted by Gasteiger charge is -2.04. The van der Waals surface area contributed by atoms with Gasteiger partial charge in [0.15, 0.2) is 5.54 Å². The van der Waals surface area contributed by atoms with Crippen LogP contribution in [0.15, 0.2) is 12.2 Å². The largest absolute Gasteiger partial charge is 0.357 e. The Bertz CT molecular complexity index is 272. The molecule has 11 heavy (non-hydrogen) atoms. The summed E-state index contributed by atoms with van der Waals surface area (Å²) in [6.45, 7) is 0.544. The summed E-state index contributed by atoms with van der Waals surface area (Å²) in [5.41, 5.74) is -0.605. The van der Waals surface area contributed by atoms with Crippen LogP contribution >= 0.6 is 0 Å². The monoisotopic (exact) mass is 152 g/mol. The van der Waals surface area contributed by atoms with Crippen LogP contribution in [0.2, 0.25) is 0 Å². The molecule has 0 radical (unpaired) electrons. The van der Waals surface area contributed by atoms with Crippen LogP contribution in [0.25, 0.3) is 0 Å². The summed E-state index contributed by atoms with van der Waals surface area (Å²) in [5.74, 6) is -0.159. The number of nitrogens with zero attached hydrogens (tertiary/aromatic N) is 1. The van der Waals surface area contributed by atoms with Crippen molar-refractivity contribution in [3.8, 4) is 0 Å². The Kier molecular flexibility index (Phi) is 0.952. The van der Waals surface area contributed by atoms with E-state index in [0.717, 1.165) is 0 Å². The van der Waals surface area contributed by atoms with Crippen LogP contribution < -0.4 is 5.32 Å². The van der Waals surface area contributed by atoms with Crippen molar-refractivity contribution in [2.24, 2.45) is 0 Å². The van der Waals surface area contributed by atoms with E-state index >= 15 is 0 Å². The molecule has 1 atom stereocenters. The van der Waals surface area contributed by atoms with Gasteiger partial charge in [-0.3, -0.25) is 9.59 Å². The molecule has 0 unspecified atom stereocenters. The Morgan fingerprint density at radius 1 is 1.82 bits per heavy atom. The van der Waals surface area contributed by atoms with Crippen molar-refractivity contribution in [2.75, 3.05) is 13.6 Å². The molecular weight excluding hydrogens is 144 g/mol. The molecule has 2 heterocycles. The first-order valence-corrected chi connectivity index (χ1v) is 3.44. The average molecular weight is 152 g/mol. The van der Waals surface area contributed by atoms with Crippen LogP contribution in [0.3, 0.4) is 0 Å². The fraction of sp³-hybridized carbons (Fsp3) is 0.429. The smallest absolute Gasteiger partial charge is 0.251 e. The lowest BCUT2D eigenvalue weighted by molar-refractivity contribution is -0.127. The molecule has 0 saturated carbocycles. The van der Waals surface area contributed by atoms with Crippen LogP contribution in [0.5, 0.6) is 0 Å². The molecule has 2 aliphatic heterocycles. The van der Waals surface area contributed by atoms with E-state index in [1.807, 2.05) is 0 Å². The Balaban J connectivity index is 2.25. The third-order valence-corrected chi connectivity index (χ3v) is 2.17. The minimum atomic E-state index is -0.605. The minimum Gasteiger partial charge on any atom is -0.357 e. The van der Waals surface area contributed by atoms with Crippen molar-refractivity contribution in [3.63, 3.8) is 0 Å². The molecular formula is C7H8N2O2. The van der Waals surface area contributed by atoms with Crippen LogP contribution in [0, 0.1) is 0 Å². The molecule has 0 aliphatic carbocycles. The highest BCUT2D eigenvalue weighted by Crippen LogP contribution is 2.38. The van der Waals surface area contributed by atoms with Crippen molar-refractivity contribution >= 4 is 11.8 Å². The molecule has 0 spiro atoms. The highest BCUT2D eigenvalue weighted by atomic mass is 16.2. The maximum atomic E-state index is 11.2. The minimum absolute atomic E-state index is 0.0615. The van der Waals surface area contributed by atoms with Crippen LogP contribution in [0.4, 0.5) is 0 Å². The van der Waals surface area contributed by atoms with E-state index in [1.165, 1.54) is 11.0 Å². The molecule has 1 N–H and O–H groups in total. The van der Waals surface area contributed by atoms with Gasteiger partial charge in [0.1, 0.15) is 0 Å². The van der Waals surface area contributed by atoms with E-state index < -0.39 is 5.54 Å². The van der Waals surface area contributed by atoms with Gasteiger partial charge in [0, 0.05) is 13.1 Å². The van der Waals surface area contributed by atoms with Gasteiger partial charge in [0.2, 0.25) is 5.91 Å². The average Bonchev–Trinajstić information content (AvgIpc) is 2.68. The van der Waals surface area contributed by atoms with Crippen LogP contribution in [-0.2, 0) is 9.59 Å². The fourth-order valence-corrected chi connectivity index (χ4v) is 1.41. The highest BCUT2D eigenvalue weighted by molar-refractivity contribution is 6.06. The zero-order chi connectivity index (χ0) is 8.06.